The van der Waals surface area contributed by atoms with Crippen molar-refractivity contribution in [3.63, 3.8) is 0 Å². The molecule has 1 saturated carbocycles. The van der Waals surface area contributed by atoms with Crippen molar-refractivity contribution in [3.8, 4) is 34.3 Å². The van der Waals surface area contributed by atoms with E-state index in [1.165, 1.54) is 39.5 Å². The van der Waals surface area contributed by atoms with Crippen LogP contribution in [0.1, 0.15) is 134 Å². The maximum Gasteiger partial charge on any atom is 0.341 e. The van der Waals surface area contributed by atoms with Gasteiger partial charge in [-0.15, -0.1) is 0 Å². The highest BCUT2D eigenvalue weighted by atomic mass is 35.5. The smallest absolute Gasteiger partial charge is 0.341 e. The average Bonchev–Trinajstić information content (AvgIpc) is 1.53. The molecule has 8 N–H and O–H groups in total. The summed E-state index contributed by atoms with van der Waals surface area (Å²) in [4.78, 5) is 89.3. The zero-order valence-corrected chi connectivity index (χ0v) is 70.0. The molecular formula is C90H102Cl2FN11O14. The number of halogens is 3. The molecule has 28 heteroatoms. The topological polar surface area (TPSA) is 326 Å². The Hall–Kier alpha value is -10.6. The summed E-state index contributed by atoms with van der Waals surface area (Å²) in [5.74, 6) is -8.20. The molecule has 8 aliphatic rings. The van der Waals surface area contributed by atoms with Crippen molar-refractivity contribution in [2.24, 2.45) is 44.6 Å². The Labute approximate surface area is 693 Å². The molecule has 6 aliphatic heterocycles. The number of carbonyl (C=O) groups is 4. The van der Waals surface area contributed by atoms with Gasteiger partial charge in [0.25, 0.3) is 11.7 Å². The van der Waals surface area contributed by atoms with Gasteiger partial charge in [-0.3, -0.25) is 34.2 Å². The van der Waals surface area contributed by atoms with Crippen LogP contribution in [0.3, 0.4) is 0 Å². The molecule has 25 nitrogen and oxygen atoms in total. The second-order valence-corrected chi connectivity index (χ2v) is 33.3. The summed E-state index contributed by atoms with van der Waals surface area (Å²) in [5, 5.41) is 68.6. The third-order valence-corrected chi connectivity index (χ3v) is 23.4. The summed E-state index contributed by atoms with van der Waals surface area (Å²) < 4.78 is 42.6. The number of ketones is 1. The third-order valence-electron chi connectivity index (χ3n) is 22.9. The number of pyridine rings is 1. The van der Waals surface area contributed by atoms with Gasteiger partial charge in [0.15, 0.2) is 11.4 Å². The number of methoxy groups -OCH3 is 1. The predicted molar refractivity (Wildman–Crippen MR) is 454 cm³/mol. The number of phenolic OH excluding ortho intramolecular Hbond substituents is 2. The third kappa shape index (κ3) is 17.6. The molecule has 1 amide bonds. The number of para-hydroxylation sites is 2. The van der Waals surface area contributed by atoms with Crippen LogP contribution in [-0.2, 0) is 23.8 Å². The Balaban J connectivity index is 0.000000175. The molecule has 7 heterocycles. The number of rotatable bonds is 11. The Bertz CT molecular complexity index is 5720. The van der Waals surface area contributed by atoms with Crippen molar-refractivity contribution >= 4 is 102 Å². The highest BCUT2D eigenvalue weighted by molar-refractivity contribution is 6.31. The van der Waals surface area contributed by atoms with E-state index in [4.69, 9.17) is 62.1 Å². The highest BCUT2D eigenvalue weighted by Gasteiger charge is 2.51. The van der Waals surface area contributed by atoms with Gasteiger partial charge in [0.2, 0.25) is 5.43 Å². The van der Waals surface area contributed by atoms with Gasteiger partial charge in [-0.1, -0.05) is 95.1 Å². The van der Waals surface area contributed by atoms with Crippen LogP contribution >= 0.6 is 23.2 Å². The van der Waals surface area contributed by atoms with E-state index in [9.17, 15) is 53.9 Å². The second-order valence-electron chi connectivity index (χ2n) is 32.5. The van der Waals surface area contributed by atoms with Crippen molar-refractivity contribution in [1.82, 2.24) is 24.3 Å². The van der Waals surface area contributed by atoms with E-state index in [1.807, 2.05) is 76.2 Å². The summed E-state index contributed by atoms with van der Waals surface area (Å²) in [5.41, 5.74) is 6.18. The van der Waals surface area contributed by atoms with Gasteiger partial charge in [0, 0.05) is 165 Å². The van der Waals surface area contributed by atoms with E-state index in [1.54, 1.807) is 71.9 Å². The molecule has 3 fully saturated rings. The van der Waals surface area contributed by atoms with Gasteiger partial charge in [-0.05, 0) is 137 Å². The van der Waals surface area contributed by atoms with E-state index in [2.05, 4.69) is 71.3 Å². The summed E-state index contributed by atoms with van der Waals surface area (Å²) in [7, 11) is 1.47. The van der Waals surface area contributed by atoms with Gasteiger partial charge in [-0.2, -0.15) is 0 Å². The van der Waals surface area contributed by atoms with E-state index in [0.717, 1.165) is 77.3 Å². The molecule has 0 radical (unpaired) electrons. The van der Waals surface area contributed by atoms with Crippen molar-refractivity contribution < 1.29 is 68.0 Å². The minimum atomic E-state index is -1.96. The van der Waals surface area contributed by atoms with E-state index in [-0.39, 0.29) is 78.4 Å². The molecular weight excluding hydrogens is 1550 g/mol. The van der Waals surface area contributed by atoms with Crippen LogP contribution in [0.2, 0.25) is 10.0 Å². The number of hydrogen-bond acceptors (Lipinski definition) is 21. The SMILES string of the molecule is CC(C)N=c1cc2n(-c3ccc(Cl)cc3)c3ccccc3nc-2cc1Nc1ccc(Cl)cc1.CO[C@H]1/C=C/O[C@@]2(C)Oc3c(C)c(O)c4c(O)c(c5c(c4c3C2=O)=NC2(CCN(CC(C)C)CC2)N=5)NC(=O)/C(C)=C\C=C\[C@H](C)[C@H](O)[C@@H](C)[C@@H](O)[C@@H](C)[C@H](OC(C)=O)[C@@H]1C.O=C(O)c1cn(C2CC2)c2cc(N3CCNCC3)c(F)cc2c1=O. The number of aromatic nitrogens is 3. The zero-order valence-electron chi connectivity index (χ0n) is 68.5. The molecule has 622 valence electrons. The van der Waals surface area contributed by atoms with Crippen LogP contribution < -0.4 is 47.1 Å². The first-order valence-corrected chi connectivity index (χ1v) is 40.9. The number of phenols is 2. The number of nitrogens with one attached hydrogen (secondary N) is 3. The molecule has 4 bridgehead atoms. The Morgan fingerprint density at radius 1 is 0.814 bits per heavy atom. The van der Waals surface area contributed by atoms with Crippen LogP contribution in [0.5, 0.6) is 17.2 Å². The molecule has 1 spiro atoms. The first-order chi connectivity index (χ1) is 56.2. The van der Waals surface area contributed by atoms with Gasteiger partial charge < -0.3 is 79.4 Å². The van der Waals surface area contributed by atoms with Gasteiger partial charge in [-0.25, -0.2) is 14.2 Å². The lowest BCUT2D eigenvalue weighted by molar-refractivity contribution is -0.160. The lowest BCUT2D eigenvalue weighted by Gasteiger charge is -2.38. The lowest BCUT2D eigenvalue weighted by Crippen LogP contribution is -2.46. The molecule has 118 heavy (non-hydrogen) atoms. The number of carboxylic acid groups (broad SMARTS) is 1. The Kier molecular flexibility index (Phi) is 25.4. The zero-order chi connectivity index (χ0) is 84.7. The van der Waals surface area contributed by atoms with E-state index < -0.39 is 100 Å². The quantitative estimate of drug-likeness (QED) is 0.0339. The number of carbonyl (C=O) groups excluding carboxylic acids is 3. The number of aromatic hydroxyl groups is 2. The summed E-state index contributed by atoms with van der Waals surface area (Å²) in [6, 6.07) is 31.0. The van der Waals surface area contributed by atoms with Crippen molar-refractivity contribution in [3.05, 3.63) is 198 Å². The number of allylic oxidation sites excluding steroid dienone is 2. The number of esters is 1. The van der Waals surface area contributed by atoms with Gasteiger partial charge in [0.05, 0.1) is 85.6 Å². The maximum absolute atomic E-state index is 14.7. The first kappa shape index (κ1) is 85.3. The number of piperazine rings is 1. The minimum absolute atomic E-state index is 0.0364. The van der Waals surface area contributed by atoms with Crippen LogP contribution in [0.15, 0.2) is 159 Å². The molecule has 6 aromatic carbocycles. The molecule has 1 aromatic heterocycles. The number of hydrogen-bond donors (Lipinski definition) is 8. The fourth-order valence-corrected chi connectivity index (χ4v) is 16.6. The number of fused-ring (bicyclic) bond motifs is 4. The van der Waals surface area contributed by atoms with Crippen LogP contribution in [0, 0.1) is 42.3 Å². The molecule has 2 saturated heterocycles. The number of Topliss-reactive ketones (excluding diaryl/α,β-unsaturated/α-hetero) is 1. The maximum atomic E-state index is 14.7. The average molecular weight is 1650 g/mol. The molecule has 0 unspecified atom stereocenters. The molecule has 7 aromatic rings. The minimum Gasteiger partial charge on any atom is -0.507 e. The summed E-state index contributed by atoms with van der Waals surface area (Å²) in [6.07, 6.45) is 8.33. The Morgan fingerprint density at radius 3 is 2.13 bits per heavy atom. The number of amides is 1. The van der Waals surface area contributed by atoms with Crippen molar-refractivity contribution in [2.45, 2.75) is 157 Å². The number of aliphatic hydroxyl groups excluding tert-OH is 2. The molecule has 2 aliphatic carbocycles. The number of aromatic carboxylic acids is 1. The number of carboxylic acids is 1. The standard InChI is InChI=1S/C46H62N4O11.C27H22Cl2N4.C17H18FN3O3/c1-22(2)21-50-18-16-46(17-19-50)48-34-31-32-39(54)28(8)42-33(31)43(56)45(10,61-42)59-20-15-30(58-11)25(5)41(60-29(9)51)27(7)38(53)26(6)37(52)23(3)13-12-14-24(4)44(57)47-36(40(32)55)35(34)49-46;1-17(2)30-24-16-27-25(15-23(24)31-20-11-7-18(28)8-12-20)32-22-5-3-4-6-26(22)33(27)21-13-9-19(29)10-14-21;18-13-7-11-14(8-15(13)20-5-3-19-4-6-20)21(10-1-2-10)9-12(16(11)22)17(23)24/h12-15,20,22-23,25-27,30,37-38,41,52-55H,16-19,21H2,1-11H3,(H,47,57);3-17,31H,1-2H3;7-10,19H,1-6H2,(H,23,24)/b13-12+,20-15+,24-14-;;/t23-,25+,26+,27+,30-,37-,38+,41+,45-;;/m0../s1. The van der Waals surface area contributed by atoms with Crippen LogP contribution in [0.4, 0.5) is 27.1 Å². The van der Waals surface area contributed by atoms with Crippen LogP contribution in [0.25, 0.3) is 49.8 Å². The summed E-state index contributed by atoms with van der Waals surface area (Å²) in [6.45, 7) is 26.6. The van der Waals surface area contributed by atoms with Gasteiger partial charge in [0.1, 0.15) is 40.0 Å². The number of piperidine rings is 1. The highest BCUT2D eigenvalue weighted by Crippen LogP contribution is 2.50. The number of anilines is 4. The second kappa shape index (κ2) is 35.2. The number of benzene rings is 7. The number of ether oxygens (including phenoxy) is 4. The van der Waals surface area contributed by atoms with Gasteiger partial charge >= 0.3 is 17.7 Å². The largest absolute Gasteiger partial charge is 0.507 e. The normalized spacial score (nSPS) is 23.9. The fourth-order valence-electron chi connectivity index (χ4n) is 16.4. The number of likely N-dealkylation sites (tertiary alicyclic amines) is 1. The molecule has 9 atom stereocenters. The number of nitrogens with zero attached hydrogens (tertiary/aromatic N) is 8. The molecule has 15 rings (SSSR count). The van der Waals surface area contributed by atoms with Crippen molar-refractivity contribution in [2.75, 3.05) is 68.5 Å². The monoisotopic (exact) mass is 1650 g/mol. The summed E-state index contributed by atoms with van der Waals surface area (Å²) >= 11 is 12.2. The van der Waals surface area contributed by atoms with Crippen molar-refractivity contribution in [1.29, 1.82) is 0 Å². The Morgan fingerprint density at radius 2 is 1.48 bits per heavy atom. The first-order valence-electron chi connectivity index (χ1n) is 40.1. The van der Waals surface area contributed by atoms with E-state index in [0.29, 0.717) is 66.2 Å². The fraction of sp³-hybridized carbons (Fsp3) is 0.411. The lowest BCUT2D eigenvalue weighted by atomic mass is 9.78. The van der Waals surface area contributed by atoms with Crippen LogP contribution in [-0.4, -0.2) is 163 Å². The van der Waals surface area contributed by atoms with E-state index >= 15 is 0 Å². The predicted octanol–water partition coefficient (Wildman–Crippen LogP) is 13.8. The number of aliphatic hydroxyl groups is 2.